The molecule has 2 aromatic rings. The monoisotopic (exact) mass is 269 g/mol. The SMILES string of the molecule is O=c1[nH]cc(CSc2n[nH]c(=O)[nH]c2=O)c(=O)[nH]1. The highest BCUT2D eigenvalue weighted by atomic mass is 32.2. The Morgan fingerprint density at radius 3 is 2.44 bits per heavy atom. The van der Waals surface area contributed by atoms with Crippen molar-refractivity contribution in [2.45, 2.75) is 10.8 Å². The van der Waals surface area contributed by atoms with Gasteiger partial charge in [0.15, 0.2) is 5.03 Å². The number of aromatic nitrogens is 5. The summed E-state index contributed by atoms with van der Waals surface area (Å²) in [6.07, 6.45) is 1.26. The molecule has 0 unspecified atom stereocenters. The molecule has 0 spiro atoms. The minimum atomic E-state index is -0.703. The quantitative estimate of drug-likeness (QED) is 0.480. The Hall–Kier alpha value is -2.36. The van der Waals surface area contributed by atoms with Crippen LogP contribution in [0.2, 0.25) is 0 Å². The first-order valence-electron chi connectivity index (χ1n) is 4.69. The van der Waals surface area contributed by atoms with Crippen LogP contribution in [0.1, 0.15) is 5.56 Å². The van der Waals surface area contributed by atoms with Gasteiger partial charge in [-0.1, -0.05) is 11.8 Å². The van der Waals surface area contributed by atoms with E-state index in [1.54, 1.807) is 0 Å². The molecule has 0 amide bonds. The van der Waals surface area contributed by atoms with E-state index in [4.69, 9.17) is 0 Å². The number of rotatable bonds is 3. The first-order chi connectivity index (χ1) is 8.56. The minimum absolute atomic E-state index is 0.0280. The number of hydrogen-bond acceptors (Lipinski definition) is 6. The number of aromatic amines is 4. The molecule has 10 heteroatoms. The molecule has 0 bridgehead atoms. The Morgan fingerprint density at radius 2 is 1.78 bits per heavy atom. The Labute approximate surface area is 102 Å². The second-order valence-electron chi connectivity index (χ2n) is 3.20. The van der Waals surface area contributed by atoms with Crippen LogP contribution in [0.3, 0.4) is 0 Å². The highest BCUT2D eigenvalue weighted by Gasteiger charge is 2.06. The maximum atomic E-state index is 11.3. The van der Waals surface area contributed by atoms with E-state index < -0.39 is 22.5 Å². The predicted molar refractivity (Wildman–Crippen MR) is 62.7 cm³/mol. The zero-order chi connectivity index (χ0) is 13.1. The topological polar surface area (TPSA) is 144 Å². The van der Waals surface area contributed by atoms with Crippen molar-refractivity contribution in [3.05, 3.63) is 53.4 Å². The molecule has 9 nitrogen and oxygen atoms in total. The zero-order valence-corrected chi connectivity index (χ0v) is 9.59. The fraction of sp³-hybridized carbons (Fsp3) is 0.125. The second kappa shape index (κ2) is 4.87. The normalized spacial score (nSPS) is 10.4. The van der Waals surface area contributed by atoms with Gasteiger partial charge in [-0.25, -0.2) is 14.7 Å². The summed E-state index contributed by atoms with van der Waals surface area (Å²) < 4.78 is 0. The van der Waals surface area contributed by atoms with E-state index in [1.807, 2.05) is 4.98 Å². The standard InChI is InChI=1S/C8H7N5O4S/c14-4-3(1-9-7(16)10-4)2-18-6-5(15)11-8(17)13-12-6/h1H,2H2,(H2,9,10,14,16)(H2,11,13,15,17). The van der Waals surface area contributed by atoms with Gasteiger partial charge in [-0.3, -0.25) is 19.6 Å². The molecule has 2 aromatic heterocycles. The molecular formula is C8H7N5O4S. The van der Waals surface area contributed by atoms with Gasteiger partial charge in [-0.15, -0.1) is 0 Å². The summed E-state index contributed by atoms with van der Waals surface area (Å²) in [5, 5.41) is 5.64. The maximum absolute atomic E-state index is 11.3. The molecule has 0 fully saturated rings. The van der Waals surface area contributed by atoms with Crippen LogP contribution in [-0.4, -0.2) is 25.1 Å². The van der Waals surface area contributed by atoms with Gasteiger partial charge in [0.2, 0.25) is 0 Å². The number of nitrogens with one attached hydrogen (secondary N) is 4. The molecule has 0 aromatic carbocycles. The van der Waals surface area contributed by atoms with Crippen molar-refractivity contribution < 1.29 is 0 Å². The Balaban J connectivity index is 2.21. The van der Waals surface area contributed by atoms with E-state index in [1.165, 1.54) is 6.20 Å². The number of thioether (sulfide) groups is 1. The number of hydrogen-bond donors (Lipinski definition) is 4. The number of H-pyrrole nitrogens is 4. The maximum Gasteiger partial charge on any atom is 0.342 e. The molecule has 0 saturated carbocycles. The van der Waals surface area contributed by atoms with Crippen molar-refractivity contribution >= 4 is 11.8 Å². The van der Waals surface area contributed by atoms with Crippen LogP contribution in [0.5, 0.6) is 0 Å². The van der Waals surface area contributed by atoms with Crippen molar-refractivity contribution in [3.63, 3.8) is 0 Å². The van der Waals surface area contributed by atoms with Crippen LogP contribution >= 0.6 is 11.8 Å². The molecular weight excluding hydrogens is 262 g/mol. The van der Waals surface area contributed by atoms with Crippen molar-refractivity contribution in [2.24, 2.45) is 0 Å². The molecule has 0 aliphatic heterocycles. The van der Waals surface area contributed by atoms with Crippen LogP contribution in [0.25, 0.3) is 0 Å². The van der Waals surface area contributed by atoms with Crippen LogP contribution < -0.4 is 22.5 Å². The molecule has 4 N–H and O–H groups in total. The summed E-state index contributed by atoms with van der Waals surface area (Å²) >= 11 is 0.962. The molecule has 0 saturated heterocycles. The summed E-state index contributed by atoms with van der Waals surface area (Å²) in [5.74, 6) is 0.133. The molecule has 2 rings (SSSR count). The van der Waals surface area contributed by atoms with Gasteiger partial charge in [0.1, 0.15) is 0 Å². The fourth-order valence-electron chi connectivity index (χ4n) is 1.13. The highest BCUT2D eigenvalue weighted by Crippen LogP contribution is 2.12. The zero-order valence-electron chi connectivity index (χ0n) is 8.77. The lowest BCUT2D eigenvalue weighted by molar-refractivity contribution is 0.806. The van der Waals surface area contributed by atoms with Gasteiger partial charge in [-0.2, -0.15) is 5.10 Å². The van der Waals surface area contributed by atoms with Crippen molar-refractivity contribution in [3.8, 4) is 0 Å². The lowest BCUT2D eigenvalue weighted by Crippen LogP contribution is -2.26. The molecule has 2 heterocycles. The summed E-state index contributed by atoms with van der Waals surface area (Å²) in [5.41, 5.74) is -2.19. The van der Waals surface area contributed by atoms with Gasteiger partial charge < -0.3 is 4.98 Å². The van der Waals surface area contributed by atoms with Gasteiger partial charge in [0, 0.05) is 17.5 Å². The third kappa shape index (κ3) is 2.66. The smallest absolute Gasteiger partial charge is 0.314 e. The molecule has 94 valence electrons. The summed E-state index contributed by atoms with van der Waals surface area (Å²) in [6.45, 7) is 0. The Kier molecular flexibility index (Phi) is 3.28. The Morgan fingerprint density at radius 1 is 1.06 bits per heavy atom. The van der Waals surface area contributed by atoms with Gasteiger partial charge in [0.05, 0.1) is 0 Å². The second-order valence-corrected chi connectivity index (χ2v) is 4.16. The molecule has 0 radical (unpaired) electrons. The van der Waals surface area contributed by atoms with E-state index in [2.05, 4.69) is 20.2 Å². The van der Waals surface area contributed by atoms with Crippen LogP contribution in [0.4, 0.5) is 0 Å². The van der Waals surface area contributed by atoms with Crippen LogP contribution in [0, 0.1) is 0 Å². The van der Waals surface area contributed by atoms with Crippen LogP contribution in [-0.2, 0) is 5.75 Å². The minimum Gasteiger partial charge on any atom is -0.314 e. The fourth-order valence-corrected chi connectivity index (χ4v) is 1.92. The van der Waals surface area contributed by atoms with Crippen molar-refractivity contribution in [1.29, 1.82) is 0 Å². The molecule has 0 aliphatic rings. The Bertz CT molecular complexity index is 718. The third-order valence-corrected chi connectivity index (χ3v) is 2.95. The summed E-state index contributed by atoms with van der Waals surface area (Å²) in [7, 11) is 0. The van der Waals surface area contributed by atoms with E-state index >= 15 is 0 Å². The van der Waals surface area contributed by atoms with Crippen LogP contribution in [0.15, 0.2) is 30.4 Å². The average molecular weight is 269 g/mol. The molecule has 18 heavy (non-hydrogen) atoms. The van der Waals surface area contributed by atoms with E-state index in [0.717, 1.165) is 11.8 Å². The molecule has 0 atom stereocenters. The van der Waals surface area contributed by atoms with Crippen molar-refractivity contribution in [1.82, 2.24) is 25.1 Å². The van der Waals surface area contributed by atoms with E-state index in [9.17, 15) is 19.2 Å². The molecule has 0 aliphatic carbocycles. The van der Waals surface area contributed by atoms with E-state index in [0.29, 0.717) is 0 Å². The van der Waals surface area contributed by atoms with Gasteiger partial charge in [-0.05, 0) is 0 Å². The largest absolute Gasteiger partial charge is 0.342 e. The van der Waals surface area contributed by atoms with Gasteiger partial charge >= 0.3 is 11.4 Å². The van der Waals surface area contributed by atoms with E-state index in [-0.39, 0.29) is 16.3 Å². The summed E-state index contributed by atoms with van der Waals surface area (Å²) in [4.78, 5) is 50.5. The summed E-state index contributed by atoms with van der Waals surface area (Å²) in [6, 6.07) is 0. The first-order valence-corrected chi connectivity index (χ1v) is 5.67. The van der Waals surface area contributed by atoms with Crippen molar-refractivity contribution in [2.75, 3.05) is 0 Å². The lowest BCUT2D eigenvalue weighted by atomic mass is 10.4. The number of nitrogens with zero attached hydrogens (tertiary/aromatic N) is 1. The average Bonchev–Trinajstić information content (AvgIpc) is 2.30. The first kappa shape index (κ1) is 12.1. The third-order valence-electron chi connectivity index (χ3n) is 1.94. The lowest BCUT2D eigenvalue weighted by Gasteiger charge is -1.98. The van der Waals surface area contributed by atoms with Gasteiger partial charge in [0.25, 0.3) is 11.1 Å². The highest BCUT2D eigenvalue weighted by molar-refractivity contribution is 7.98. The predicted octanol–water partition coefficient (Wildman–Crippen LogP) is -1.87.